The van der Waals surface area contributed by atoms with Crippen LogP contribution in [0.5, 0.6) is 0 Å². The minimum absolute atomic E-state index is 0.166. The Morgan fingerprint density at radius 2 is 1.50 bits per heavy atom. The van der Waals surface area contributed by atoms with Crippen LogP contribution < -0.4 is 5.32 Å². The molecule has 0 saturated heterocycles. The van der Waals surface area contributed by atoms with E-state index in [9.17, 15) is 9.59 Å². The third kappa shape index (κ3) is 7.04. The number of likely N-dealkylation sites (N-methyl/N-ethyl adjacent to an activating group) is 1. The number of rotatable bonds is 10. The zero-order valence-corrected chi connectivity index (χ0v) is 16.5. The van der Waals surface area contributed by atoms with Crippen molar-refractivity contribution in [2.75, 3.05) is 31.6 Å². The van der Waals surface area contributed by atoms with Crippen molar-refractivity contribution in [1.82, 2.24) is 4.90 Å². The van der Waals surface area contributed by atoms with Gasteiger partial charge in [0.15, 0.2) is 0 Å². The van der Waals surface area contributed by atoms with E-state index in [1.54, 1.807) is 0 Å². The maximum absolute atomic E-state index is 11.8. The number of carbonyl (C=O) groups is 2. The summed E-state index contributed by atoms with van der Waals surface area (Å²) in [6, 6.07) is 14.3. The Kier molecular flexibility index (Phi) is 8.49. The lowest BCUT2D eigenvalue weighted by atomic mass is 10.1. The summed E-state index contributed by atoms with van der Waals surface area (Å²) >= 11 is 0. The highest BCUT2D eigenvalue weighted by Crippen LogP contribution is 2.11. The average molecular weight is 384 g/mol. The lowest BCUT2D eigenvalue weighted by Crippen LogP contribution is -2.25. The molecule has 2 rings (SSSR count). The Morgan fingerprint density at radius 1 is 0.929 bits per heavy atom. The molecule has 0 fully saturated rings. The summed E-state index contributed by atoms with van der Waals surface area (Å²) in [7, 11) is 0. The lowest BCUT2D eigenvalue weighted by molar-refractivity contribution is 0.0697. The second-order valence-corrected chi connectivity index (χ2v) is 6.49. The number of ether oxygens (including phenoxy) is 1. The molecular formula is C22H28N2O4. The van der Waals surface area contributed by atoms with Crippen LogP contribution in [0.1, 0.15) is 35.3 Å². The van der Waals surface area contributed by atoms with Gasteiger partial charge in [-0.2, -0.15) is 0 Å². The van der Waals surface area contributed by atoms with Gasteiger partial charge in [0, 0.05) is 18.7 Å². The van der Waals surface area contributed by atoms with Gasteiger partial charge >= 0.3 is 12.1 Å². The predicted octanol–water partition coefficient (Wildman–Crippen LogP) is 4.06. The van der Waals surface area contributed by atoms with Gasteiger partial charge in [0.1, 0.15) is 0 Å². The fourth-order valence-electron chi connectivity index (χ4n) is 2.81. The molecule has 0 aromatic heterocycles. The fourth-order valence-corrected chi connectivity index (χ4v) is 2.81. The summed E-state index contributed by atoms with van der Waals surface area (Å²) in [5.74, 6) is -1.01. The van der Waals surface area contributed by atoms with Crippen molar-refractivity contribution in [2.45, 2.75) is 26.7 Å². The van der Waals surface area contributed by atoms with Gasteiger partial charge in [-0.05, 0) is 54.9 Å². The number of nitrogens with one attached hydrogen (secondary N) is 1. The number of anilines is 1. The van der Waals surface area contributed by atoms with Crippen molar-refractivity contribution < 1.29 is 19.4 Å². The third-order valence-corrected chi connectivity index (χ3v) is 4.64. The number of carboxylic acids is 1. The number of carboxylic acid groups (broad SMARTS) is 1. The van der Waals surface area contributed by atoms with Gasteiger partial charge in [-0.25, -0.2) is 9.59 Å². The van der Waals surface area contributed by atoms with Gasteiger partial charge in [0.2, 0.25) is 0 Å². The molecule has 6 nitrogen and oxygen atoms in total. The summed E-state index contributed by atoms with van der Waals surface area (Å²) in [6.45, 7) is 7.82. The molecule has 150 valence electrons. The van der Waals surface area contributed by atoms with E-state index < -0.39 is 12.1 Å². The van der Waals surface area contributed by atoms with Gasteiger partial charge in [-0.3, -0.25) is 5.32 Å². The van der Waals surface area contributed by atoms with Crippen molar-refractivity contribution in [1.29, 1.82) is 0 Å². The quantitative estimate of drug-likeness (QED) is 0.646. The third-order valence-electron chi connectivity index (χ3n) is 4.64. The molecule has 2 aromatic rings. The molecule has 0 spiro atoms. The van der Waals surface area contributed by atoms with E-state index >= 15 is 0 Å². The number of hydrogen-bond acceptors (Lipinski definition) is 4. The SMILES string of the molecule is CCN(CC)CCc1ccc(CCOC(=O)Nc2ccc(C(=O)O)cc2)cc1. The smallest absolute Gasteiger partial charge is 0.411 e. The Hall–Kier alpha value is -2.86. The fraction of sp³-hybridized carbons (Fsp3) is 0.364. The van der Waals surface area contributed by atoms with Crippen LogP contribution in [0.2, 0.25) is 0 Å². The number of aromatic carboxylic acids is 1. The largest absolute Gasteiger partial charge is 0.478 e. The van der Waals surface area contributed by atoms with E-state index in [0.717, 1.165) is 31.6 Å². The lowest BCUT2D eigenvalue weighted by Gasteiger charge is -2.17. The number of benzene rings is 2. The van der Waals surface area contributed by atoms with E-state index in [-0.39, 0.29) is 12.2 Å². The Labute approximate surface area is 166 Å². The molecule has 6 heteroatoms. The van der Waals surface area contributed by atoms with Gasteiger partial charge in [-0.15, -0.1) is 0 Å². The van der Waals surface area contributed by atoms with Crippen LogP contribution in [-0.2, 0) is 17.6 Å². The Balaban J connectivity index is 1.72. The van der Waals surface area contributed by atoms with E-state index in [0.29, 0.717) is 12.1 Å². The molecule has 0 aliphatic rings. The molecule has 0 aliphatic heterocycles. The average Bonchev–Trinajstić information content (AvgIpc) is 2.70. The number of carbonyl (C=O) groups excluding carboxylic acids is 1. The van der Waals surface area contributed by atoms with E-state index in [1.165, 1.54) is 29.8 Å². The zero-order valence-electron chi connectivity index (χ0n) is 16.5. The van der Waals surface area contributed by atoms with Crippen molar-refractivity contribution in [3.8, 4) is 0 Å². The van der Waals surface area contributed by atoms with Crippen LogP contribution >= 0.6 is 0 Å². The van der Waals surface area contributed by atoms with Gasteiger partial charge in [0.05, 0.1) is 12.2 Å². The van der Waals surface area contributed by atoms with Crippen molar-refractivity contribution >= 4 is 17.7 Å². The molecular weight excluding hydrogens is 356 g/mol. The van der Waals surface area contributed by atoms with Crippen molar-refractivity contribution in [3.05, 3.63) is 65.2 Å². The molecule has 0 radical (unpaired) electrons. The number of hydrogen-bond donors (Lipinski definition) is 2. The van der Waals surface area contributed by atoms with E-state index in [1.807, 2.05) is 0 Å². The second kappa shape index (κ2) is 11.1. The molecule has 0 saturated carbocycles. The first-order valence-corrected chi connectivity index (χ1v) is 9.59. The first-order valence-electron chi connectivity index (χ1n) is 9.59. The number of nitrogens with zero attached hydrogens (tertiary/aromatic N) is 1. The van der Waals surface area contributed by atoms with Crippen LogP contribution in [-0.4, -0.2) is 48.3 Å². The summed E-state index contributed by atoms with van der Waals surface area (Å²) < 4.78 is 5.19. The topological polar surface area (TPSA) is 78.9 Å². The summed E-state index contributed by atoms with van der Waals surface area (Å²) in [5.41, 5.74) is 3.08. The van der Waals surface area contributed by atoms with Crippen molar-refractivity contribution in [2.24, 2.45) is 0 Å². The molecule has 2 N–H and O–H groups in total. The van der Waals surface area contributed by atoms with E-state index in [2.05, 4.69) is 48.3 Å². The monoisotopic (exact) mass is 384 g/mol. The molecule has 0 bridgehead atoms. The second-order valence-electron chi connectivity index (χ2n) is 6.49. The van der Waals surface area contributed by atoms with Crippen LogP contribution in [0, 0.1) is 0 Å². The minimum atomic E-state index is -1.01. The molecule has 28 heavy (non-hydrogen) atoms. The highest BCUT2D eigenvalue weighted by molar-refractivity contribution is 5.89. The molecule has 0 atom stereocenters. The van der Waals surface area contributed by atoms with Crippen LogP contribution in [0.25, 0.3) is 0 Å². The maximum Gasteiger partial charge on any atom is 0.411 e. The maximum atomic E-state index is 11.8. The molecule has 2 aromatic carbocycles. The van der Waals surface area contributed by atoms with Crippen LogP contribution in [0.3, 0.4) is 0 Å². The van der Waals surface area contributed by atoms with E-state index in [4.69, 9.17) is 9.84 Å². The highest BCUT2D eigenvalue weighted by Gasteiger charge is 2.06. The number of amides is 1. The first kappa shape index (κ1) is 21.4. The van der Waals surface area contributed by atoms with Crippen LogP contribution in [0.4, 0.5) is 10.5 Å². The first-order chi connectivity index (χ1) is 13.5. The zero-order chi connectivity index (χ0) is 20.4. The predicted molar refractivity (Wildman–Crippen MR) is 110 cm³/mol. The van der Waals surface area contributed by atoms with Crippen LogP contribution in [0.15, 0.2) is 48.5 Å². The minimum Gasteiger partial charge on any atom is -0.478 e. The summed E-state index contributed by atoms with van der Waals surface area (Å²) in [5, 5.41) is 11.4. The standard InChI is InChI=1S/C22H28N2O4/c1-3-24(4-2)15-13-17-5-7-18(8-6-17)14-16-28-22(27)23-20-11-9-19(10-12-20)21(25)26/h5-12H,3-4,13-16H2,1-2H3,(H,23,27)(H,25,26). The molecule has 1 amide bonds. The summed E-state index contributed by atoms with van der Waals surface area (Å²) in [4.78, 5) is 25.0. The Bertz CT molecular complexity index is 753. The van der Waals surface area contributed by atoms with Gasteiger partial charge < -0.3 is 14.7 Å². The summed E-state index contributed by atoms with van der Waals surface area (Å²) in [6.07, 6.45) is 1.11. The normalized spacial score (nSPS) is 10.7. The van der Waals surface area contributed by atoms with Gasteiger partial charge in [-0.1, -0.05) is 38.1 Å². The highest BCUT2D eigenvalue weighted by atomic mass is 16.5. The Morgan fingerprint density at radius 3 is 2.04 bits per heavy atom. The van der Waals surface area contributed by atoms with Gasteiger partial charge in [0.25, 0.3) is 0 Å². The molecule has 0 unspecified atom stereocenters. The molecule has 0 heterocycles. The van der Waals surface area contributed by atoms with Crippen molar-refractivity contribution in [3.63, 3.8) is 0 Å². The molecule has 0 aliphatic carbocycles.